The summed E-state index contributed by atoms with van der Waals surface area (Å²) in [5, 5.41) is 0. The summed E-state index contributed by atoms with van der Waals surface area (Å²) in [7, 11) is -3.11. The van der Waals surface area contributed by atoms with Gasteiger partial charge in [-0.25, -0.2) is 13.4 Å². The number of benzene rings is 2. The Labute approximate surface area is 172 Å². The lowest BCUT2D eigenvalue weighted by Crippen LogP contribution is -2.49. The number of hydrogen-bond donors (Lipinski definition) is 0. The van der Waals surface area contributed by atoms with Crippen LogP contribution in [0.2, 0.25) is 0 Å². The first-order valence-electron chi connectivity index (χ1n) is 10.2. The number of aromatic nitrogens is 2. The molecule has 1 aromatic heterocycles. The van der Waals surface area contributed by atoms with Crippen LogP contribution in [0.3, 0.4) is 0 Å². The minimum Gasteiger partial charge on any atom is -0.322 e. The Bertz CT molecular complexity index is 1050. The standard InChI is InChI=1S/C22H28N4O2S/c1-2-16-29(27,28)25-14-12-24(13-15-25)18-22-23-20-10-6-7-11-21(20)26(22)17-19-8-4-3-5-9-19/h3-11H,2,12-18H2,1H3. The minimum absolute atomic E-state index is 0.236. The van der Waals surface area contributed by atoms with E-state index in [0.29, 0.717) is 19.5 Å². The van der Waals surface area contributed by atoms with Crippen molar-refractivity contribution in [3.05, 3.63) is 66.0 Å². The Balaban J connectivity index is 1.52. The highest BCUT2D eigenvalue weighted by molar-refractivity contribution is 7.89. The van der Waals surface area contributed by atoms with Crippen LogP contribution < -0.4 is 0 Å². The van der Waals surface area contributed by atoms with Gasteiger partial charge in [-0.15, -0.1) is 0 Å². The first-order chi connectivity index (χ1) is 14.1. The third-order valence-corrected chi connectivity index (χ3v) is 7.54. The molecule has 29 heavy (non-hydrogen) atoms. The summed E-state index contributed by atoms with van der Waals surface area (Å²) in [5.74, 6) is 1.26. The fourth-order valence-corrected chi connectivity index (χ4v) is 5.44. The van der Waals surface area contributed by atoms with Gasteiger partial charge in [0, 0.05) is 32.7 Å². The average Bonchev–Trinajstić information content (AvgIpc) is 3.06. The maximum Gasteiger partial charge on any atom is 0.214 e. The monoisotopic (exact) mass is 412 g/mol. The second-order valence-electron chi connectivity index (χ2n) is 7.58. The van der Waals surface area contributed by atoms with E-state index in [1.54, 1.807) is 4.31 Å². The second-order valence-corrected chi connectivity index (χ2v) is 9.67. The molecule has 154 valence electrons. The van der Waals surface area contributed by atoms with Crippen LogP contribution in [0.5, 0.6) is 0 Å². The molecule has 1 saturated heterocycles. The number of rotatable bonds is 7. The van der Waals surface area contributed by atoms with Crippen LogP contribution in [0.25, 0.3) is 11.0 Å². The van der Waals surface area contributed by atoms with Crippen molar-refractivity contribution in [2.24, 2.45) is 0 Å². The summed E-state index contributed by atoms with van der Waals surface area (Å²) in [6.07, 6.45) is 0.659. The molecule has 2 aromatic carbocycles. The van der Waals surface area contributed by atoms with Gasteiger partial charge in [-0.2, -0.15) is 4.31 Å². The van der Waals surface area contributed by atoms with Gasteiger partial charge in [-0.3, -0.25) is 4.90 Å². The average molecular weight is 413 g/mol. The van der Waals surface area contributed by atoms with E-state index in [4.69, 9.17) is 4.98 Å². The fourth-order valence-electron chi connectivity index (χ4n) is 3.94. The smallest absolute Gasteiger partial charge is 0.214 e. The Hall–Kier alpha value is -2.22. The van der Waals surface area contributed by atoms with Crippen molar-refractivity contribution >= 4 is 21.1 Å². The molecule has 0 unspecified atom stereocenters. The molecule has 1 aliphatic rings. The molecule has 3 aromatic rings. The number of para-hydroxylation sites is 2. The fraction of sp³-hybridized carbons (Fsp3) is 0.409. The minimum atomic E-state index is -3.11. The van der Waals surface area contributed by atoms with Gasteiger partial charge in [-0.05, 0) is 24.1 Å². The van der Waals surface area contributed by atoms with E-state index < -0.39 is 10.0 Å². The third-order valence-electron chi connectivity index (χ3n) is 5.47. The van der Waals surface area contributed by atoms with Crippen molar-refractivity contribution in [3.8, 4) is 0 Å². The summed E-state index contributed by atoms with van der Waals surface area (Å²) in [4.78, 5) is 7.20. The number of piperazine rings is 1. The molecule has 4 rings (SSSR count). The van der Waals surface area contributed by atoms with Gasteiger partial charge in [0.2, 0.25) is 10.0 Å². The first-order valence-corrected chi connectivity index (χ1v) is 11.9. The first kappa shape index (κ1) is 20.1. The molecule has 0 aliphatic carbocycles. The number of fused-ring (bicyclic) bond motifs is 1. The lowest BCUT2D eigenvalue weighted by molar-refractivity contribution is 0.176. The van der Waals surface area contributed by atoms with Gasteiger partial charge in [0.1, 0.15) is 5.82 Å². The Morgan fingerprint density at radius 3 is 2.31 bits per heavy atom. The molecule has 0 atom stereocenters. The molecule has 0 bridgehead atoms. The Morgan fingerprint density at radius 2 is 1.59 bits per heavy atom. The maximum atomic E-state index is 12.3. The largest absolute Gasteiger partial charge is 0.322 e. The van der Waals surface area contributed by atoms with E-state index >= 15 is 0 Å². The Morgan fingerprint density at radius 1 is 0.897 bits per heavy atom. The van der Waals surface area contributed by atoms with Crippen LogP contribution in [-0.2, 0) is 23.1 Å². The third kappa shape index (κ3) is 4.52. The van der Waals surface area contributed by atoms with Crippen molar-refractivity contribution in [1.82, 2.24) is 18.8 Å². The lowest BCUT2D eigenvalue weighted by Gasteiger charge is -2.33. The van der Waals surface area contributed by atoms with E-state index in [9.17, 15) is 8.42 Å². The van der Waals surface area contributed by atoms with Crippen LogP contribution in [0.1, 0.15) is 24.7 Å². The molecule has 1 fully saturated rings. The SMILES string of the molecule is CCCS(=O)(=O)N1CCN(Cc2nc3ccccc3n2Cc2ccccc2)CC1. The summed E-state index contributed by atoms with van der Waals surface area (Å²) >= 11 is 0. The topological polar surface area (TPSA) is 58.4 Å². The molecule has 0 spiro atoms. The molecule has 6 nitrogen and oxygen atoms in total. The number of imidazole rings is 1. The van der Waals surface area contributed by atoms with Crippen LogP contribution in [0.15, 0.2) is 54.6 Å². The quantitative estimate of drug-likeness (QED) is 0.599. The molecule has 0 amide bonds. The molecular formula is C22H28N4O2S. The lowest BCUT2D eigenvalue weighted by atomic mass is 10.2. The molecule has 2 heterocycles. The van der Waals surface area contributed by atoms with Crippen LogP contribution >= 0.6 is 0 Å². The molecule has 7 heteroatoms. The van der Waals surface area contributed by atoms with Gasteiger partial charge in [0.15, 0.2) is 0 Å². The highest BCUT2D eigenvalue weighted by Crippen LogP contribution is 2.20. The van der Waals surface area contributed by atoms with E-state index in [2.05, 4.69) is 45.9 Å². The maximum absolute atomic E-state index is 12.3. The van der Waals surface area contributed by atoms with Crippen molar-refractivity contribution in [3.63, 3.8) is 0 Å². The predicted molar refractivity (Wildman–Crippen MR) is 116 cm³/mol. The van der Waals surface area contributed by atoms with Crippen molar-refractivity contribution in [1.29, 1.82) is 0 Å². The van der Waals surface area contributed by atoms with E-state index in [0.717, 1.165) is 43.0 Å². The molecular weight excluding hydrogens is 384 g/mol. The number of hydrogen-bond acceptors (Lipinski definition) is 4. The predicted octanol–water partition coefficient (Wildman–Crippen LogP) is 2.94. The summed E-state index contributed by atoms with van der Waals surface area (Å²) in [6.45, 7) is 5.99. The zero-order valence-electron chi connectivity index (χ0n) is 16.9. The zero-order chi connectivity index (χ0) is 20.3. The highest BCUT2D eigenvalue weighted by atomic mass is 32.2. The van der Waals surface area contributed by atoms with E-state index in [1.807, 2.05) is 25.1 Å². The van der Waals surface area contributed by atoms with E-state index in [1.165, 1.54) is 5.56 Å². The summed E-state index contributed by atoms with van der Waals surface area (Å²) in [6, 6.07) is 18.7. The van der Waals surface area contributed by atoms with Crippen molar-refractivity contribution < 1.29 is 8.42 Å². The van der Waals surface area contributed by atoms with Crippen molar-refractivity contribution in [2.75, 3.05) is 31.9 Å². The number of nitrogens with zero attached hydrogens (tertiary/aromatic N) is 4. The molecule has 1 aliphatic heterocycles. The van der Waals surface area contributed by atoms with Gasteiger partial charge in [0.05, 0.1) is 23.3 Å². The van der Waals surface area contributed by atoms with Gasteiger partial charge in [-0.1, -0.05) is 49.4 Å². The van der Waals surface area contributed by atoms with Gasteiger partial charge >= 0.3 is 0 Å². The van der Waals surface area contributed by atoms with Crippen LogP contribution in [0, 0.1) is 0 Å². The normalized spacial score (nSPS) is 16.4. The van der Waals surface area contributed by atoms with Crippen LogP contribution in [-0.4, -0.2) is 59.1 Å². The van der Waals surface area contributed by atoms with Crippen LogP contribution in [0.4, 0.5) is 0 Å². The zero-order valence-corrected chi connectivity index (χ0v) is 17.7. The van der Waals surface area contributed by atoms with Gasteiger partial charge < -0.3 is 4.57 Å². The molecule has 0 saturated carbocycles. The molecule has 0 radical (unpaired) electrons. The van der Waals surface area contributed by atoms with E-state index in [-0.39, 0.29) is 5.75 Å². The highest BCUT2D eigenvalue weighted by Gasteiger charge is 2.27. The summed E-state index contributed by atoms with van der Waals surface area (Å²) < 4.78 is 28.6. The van der Waals surface area contributed by atoms with Crippen molar-refractivity contribution in [2.45, 2.75) is 26.4 Å². The number of sulfonamides is 1. The second kappa shape index (κ2) is 8.65. The summed E-state index contributed by atoms with van der Waals surface area (Å²) in [5.41, 5.74) is 3.38. The Kier molecular flexibility index (Phi) is 5.99. The molecule has 0 N–H and O–H groups in total. The van der Waals surface area contributed by atoms with Gasteiger partial charge in [0.25, 0.3) is 0 Å².